The van der Waals surface area contributed by atoms with E-state index in [9.17, 15) is 4.79 Å². The van der Waals surface area contributed by atoms with E-state index in [4.69, 9.17) is 18.9 Å². The fourth-order valence-electron chi connectivity index (χ4n) is 3.41. The van der Waals surface area contributed by atoms with E-state index in [1.165, 1.54) is 14.2 Å². The first-order chi connectivity index (χ1) is 14.6. The van der Waals surface area contributed by atoms with Gasteiger partial charge in [-0.1, -0.05) is 12.1 Å². The molecule has 2 heterocycles. The predicted molar refractivity (Wildman–Crippen MR) is 109 cm³/mol. The van der Waals surface area contributed by atoms with Gasteiger partial charge >= 0.3 is 12.0 Å². The highest BCUT2D eigenvalue weighted by Gasteiger charge is 2.27. The number of rotatable bonds is 8. The lowest BCUT2D eigenvalue weighted by atomic mass is 9.96. The van der Waals surface area contributed by atoms with E-state index in [1.807, 2.05) is 23.1 Å². The fraction of sp³-hybridized carbons (Fsp3) is 0.500. The van der Waals surface area contributed by atoms with Crippen molar-refractivity contribution in [2.45, 2.75) is 19.4 Å². The number of amides is 1. The van der Waals surface area contributed by atoms with Gasteiger partial charge < -0.3 is 29.2 Å². The minimum Gasteiger partial charge on any atom is -0.493 e. The van der Waals surface area contributed by atoms with Gasteiger partial charge in [-0.05, 0) is 18.9 Å². The van der Waals surface area contributed by atoms with Crippen LogP contribution < -0.4 is 29.2 Å². The van der Waals surface area contributed by atoms with Crippen LogP contribution in [0.15, 0.2) is 18.2 Å². The van der Waals surface area contributed by atoms with Gasteiger partial charge in [0.2, 0.25) is 11.9 Å². The monoisotopic (exact) mass is 417 g/mol. The molecule has 1 amide bonds. The van der Waals surface area contributed by atoms with Crippen molar-refractivity contribution in [3.05, 3.63) is 23.8 Å². The summed E-state index contributed by atoms with van der Waals surface area (Å²) in [6.45, 7) is 1.68. The molecule has 0 spiro atoms. The van der Waals surface area contributed by atoms with E-state index in [-0.39, 0.29) is 23.8 Å². The molecule has 2 aromatic rings. The summed E-state index contributed by atoms with van der Waals surface area (Å²) < 4.78 is 20.9. The third-order valence-electron chi connectivity index (χ3n) is 5.03. The number of hydrogen-bond acceptors (Lipinski definition) is 9. The van der Waals surface area contributed by atoms with Crippen LogP contribution in [0, 0.1) is 5.92 Å². The Morgan fingerprint density at radius 3 is 2.23 bits per heavy atom. The molecule has 10 heteroatoms. The number of piperidine rings is 1. The van der Waals surface area contributed by atoms with Gasteiger partial charge in [0.15, 0.2) is 11.5 Å². The summed E-state index contributed by atoms with van der Waals surface area (Å²) in [7, 11) is 6.16. The third kappa shape index (κ3) is 4.81. The Bertz CT molecular complexity index is 848. The van der Waals surface area contributed by atoms with Crippen LogP contribution in [0.2, 0.25) is 0 Å². The maximum Gasteiger partial charge on any atom is 0.324 e. The molecule has 1 N–H and O–H groups in total. The van der Waals surface area contributed by atoms with Crippen LogP contribution in [0.1, 0.15) is 18.4 Å². The summed E-state index contributed by atoms with van der Waals surface area (Å²) in [6, 6.07) is 6.00. The largest absolute Gasteiger partial charge is 0.493 e. The van der Waals surface area contributed by atoms with E-state index in [2.05, 4.69) is 20.3 Å². The Morgan fingerprint density at radius 2 is 1.67 bits per heavy atom. The van der Waals surface area contributed by atoms with Gasteiger partial charge in [-0.3, -0.25) is 4.79 Å². The van der Waals surface area contributed by atoms with Crippen molar-refractivity contribution >= 4 is 11.9 Å². The highest BCUT2D eigenvalue weighted by atomic mass is 16.5. The maximum absolute atomic E-state index is 12.7. The van der Waals surface area contributed by atoms with Crippen LogP contribution in [0.3, 0.4) is 0 Å². The number of hydrogen-bond donors (Lipinski definition) is 1. The molecule has 30 heavy (non-hydrogen) atoms. The summed E-state index contributed by atoms with van der Waals surface area (Å²) in [6.07, 6.45) is 1.38. The Balaban J connectivity index is 1.57. The number of carbonyl (C=O) groups excluding carboxylic acids is 1. The van der Waals surface area contributed by atoms with Gasteiger partial charge in [0.05, 0.1) is 28.4 Å². The molecule has 0 aliphatic carbocycles. The van der Waals surface area contributed by atoms with E-state index < -0.39 is 0 Å². The second-order valence-corrected chi connectivity index (χ2v) is 6.74. The van der Waals surface area contributed by atoms with Gasteiger partial charge in [-0.15, -0.1) is 4.98 Å². The number of anilines is 1. The Morgan fingerprint density at radius 1 is 1.00 bits per heavy atom. The molecule has 10 nitrogen and oxygen atoms in total. The van der Waals surface area contributed by atoms with E-state index >= 15 is 0 Å². The quantitative estimate of drug-likeness (QED) is 0.682. The first-order valence-electron chi connectivity index (χ1n) is 9.66. The second-order valence-electron chi connectivity index (χ2n) is 6.74. The van der Waals surface area contributed by atoms with Crippen LogP contribution in [-0.2, 0) is 11.3 Å². The minimum absolute atomic E-state index is 0.0188. The molecular weight excluding hydrogens is 390 g/mol. The molecule has 0 saturated carbocycles. The van der Waals surface area contributed by atoms with Crippen molar-refractivity contribution in [2.24, 2.45) is 5.92 Å². The number of methoxy groups -OCH3 is 4. The molecule has 1 aromatic heterocycles. The zero-order chi connectivity index (χ0) is 21.5. The normalized spacial score (nSPS) is 14.2. The molecule has 3 rings (SSSR count). The van der Waals surface area contributed by atoms with Crippen LogP contribution in [-0.4, -0.2) is 62.4 Å². The van der Waals surface area contributed by atoms with Crippen molar-refractivity contribution < 1.29 is 23.7 Å². The second kappa shape index (κ2) is 9.95. The summed E-state index contributed by atoms with van der Waals surface area (Å²) in [5.74, 6) is 1.70. The number of nitrogens with one attached hydrogen (secondary N) is 1. The lowest BCUT2D eigenvalue weighted by Gasteiger charge is -2.31. The number of benzene rings is 1. The molecule has 0 atom stereocenters. The molecule has 1 fully saturated rings. The Labute approximate surface area is 175 Å². The van der Waals surface area contributed by atoms with Crippen molar-refractivity contribution in [3.8, 4) is 23.5 Å². The minimum atomic E-state index is -0.0801. The number of nitrogens with zero attached hydrogens (tertiary/aromatic N) is 4. The van der Waals surface area contributed by atoms with Crippen LogP contribution in [0.4, 0.5) is 5.95 Å². The standard InChI is InChI=1S/C20H27N5O5/c1-27-15-7-5-6-14(16(15)28-2)12-21-17(26)13-8-10-25(11-9-13)18-22-19(29-3)24-20(23-18)30-4/h5-7,13H,8-12H2,1-4H3,(H,21,26). The smallest absolute Gasteiger partial charge is 0.324 e. The van der Waals surface area contributed by atoms with Crippen LogP contribution in [0.25, 0.3) is 0 Å². The summed E-state index contributed by atoms with van der Waals surface area (Å²) >= 11 is 0. The van der Waals surface area contributed by atoms with E-state index in [1.54, 1.807) is 14.2 Å². The average molecular weight is 417 g/mol. The molecule has 0 unspecified atom stereocenters. The molecule has 0 bridgehead atoms. The van der Waals surface area contributed by atoms with Gasteiger partial charge in [0, 0.05) is 31.1 Å². The van der Waals surface area contributed by atoms with E-state index in [0.29, 0.717) is 49.9 Å². The average Bonchev–Trinajstić information content (AvgIpc) is 2.81. The summed E-state index contributed by atoms with van der Waals surface area (Å²) in [5.41, 5.74) is 0.868. The molecule has 1 aliphatic rings. The van der Waals surface area contributed by atoms with Crippen molar-refractivity contribution in [1.82, 2.24) is 20.3 Å². The highest BCUT2D eigenvalue weighted by molar-refractivity contribution is 5.79. The number of ether oxygens (including phenoxy) is 4. The first kappa shape index (κ1) is 21.4. The van der Waals surface area contributed by atoms with Gasteiger partial charge in [-0.25, -0.2) is 0 Å². The Hall–Kier alpha value is -3.30. The number of aromatic nitrogens is 3. The summed E-state index contributed by atoms with van der Waals surface area (Å²) in [5, 5.41) is 3.01. The molecule has 1 aliphatic heterocycles. The van der Waals surface area contributed by atoms with Crippen molar-refractivity contribution in [2.75, 3.05) is 46.4 Å². The topological polar surface area (TPSA) is 108 Å². The predicted octanol–water partition coefficient (Wildman–Crippen LogP) is 1.44. The molecule has 162 valence electrons. The van der Waals surface area contributed by atoms with Crippen molar-refractivity contribution in [3.63, 3.8) is 0 Å². The lowest BCUT2D eigenvalue weighted by Crippen LogP contribution is -2.41. The lowest BCUT2D eigenvalue weighted by molar-refractivity contribution is -0.125. The van der Waals surface area contributed by atoms with Gasteiger partial charge in [0.1, 0.15) is 0 Å². The van der Waals surface area contributed by atoms with Crippen molar-refractivity contribution in [1.29, 1.82) is 0 Å². The van der Waals surface area contributed by atoms with Crippen LogP contribution in [0.5, 0.6) is 23.5 Å². The molecular formula is C20H27N5O5. The number of para-hydroxylation sites is 1. The molecule has 1 saturated heterocycles. The highest BCUT2D eigenvalue weighted by Crippen LogP contribution is 2.30. The van der Waals surface area contributed by atoms with Gasteiger partial charge in [-0.2, -0.15) is 9.97 Å². The zero-order valence-corrected chi connectivity index (χ0v) is 17.7. The SMILES string of the molecule is COc1nc(OC)nc(N2CCC(C(=O)NCc3cccc(OC)c3OC)CC2)n1. The molecule has 1 aromatic carbocycles. The van der Waals surface area contributed by atoms with E-state index in [0.717, 1.165) is 5.56 Å². The number of carbonyl (C=O) groups is 1. The third-order valence-corrected chi connectivity index (χ3v) is 5.03. The zero-order valence-electron chi connectivity index (χ0n) is 17.7. The Kier molecular flexibility index (Phi) is 7.10. The summed E-state index contributed by atoms with van der Waals surface area (Å²) in [4.78, 5) is 27.3. The first-order valence-corrected chi connectivity index (χ1v) is 9.66. The van der Waals surface area contributed by atoms with Crippen LogP contribution >= 0.6 is 0 Å². The van der Waals surface area contributed by atoms with Gasteiger partial charge in [0.25, 0.3) is 0 Å². The maximum atomic E-state index is 12.7. The molecule has 0 radical (unpaired) electrons. The fourth-order valence-corrected chi connectivity index (χ4v) is 3.41.